The molecule has 1 aliphatic heterocycles. The van der Waals surface area contributed by atoms with Crippen molar-refractivity contribution >= 4 is 34.3 Å². The molecule has 12 heteroatoms. The summed E-state index contributed by atoms with van der Waals surface area (Å²) < 4.78 is 68.1. The third-order valence-electron chi connectivity index (χ3n) is 7.50. The van der Waals surface area contributed by atoms with Crippen LogP contribution in [0.25, 0.3) is 10.9 Å². The average Bonchev–Trinajstić information content (AvgIpc) is 3.74. The van der Waals surface area contributed by atoms with Gasteiger partial charge in [0.2, 0.25) is 5.91 Å². The molecular formula is C25H20ClF5N4O2. The van der Waals surface area contributed by atoms with E-state index in [0.717, 1.165) is 6.42 Å². The second-order valence-corrected chi connectivity index (χ2v) is 10.4. The van der Waals surface area contributed by atoms with Crippen LogP contribution in [0.5, 0.6) is 0 Å². The van der Waals surface area contributed by atoms with Gasteiger partial charge < -0.3 is 10.2 Å². The molecule has 2 N–H and O–H groups in total. The van der Waals surface area contributed by atoms with Crippen LogP contribution in [0.3, 0.4) is 0 Å². The van der Waals surface area contributed by atoms with Gasteiger partial charge in [0.05, 0.1) is 28.9 Å². The predicted molar refractivity (Wildman–Crippen MR) is 123 cm³/mol. The largest absolute Gasteiger partial charge is 0.419 e. The maximum Gasteiger partial charge on any atom is 0.419 e. The molecule has 3 aliphatic rings. The predicted octanol–water partition coefficient (Wildman–Crippen LogP) is 5.38. The standard InChI is InChI=1S/C25H20ClF5N4O2/c26-13-3-12-9-32-34-22(12)15(6-13)24(37)35-19-4-11(19)5-20(35)23(36)33-21(10-1-2-10)14-7-18(28)16(8-17(14)27)25(29,30)31/h3,6-11,19-21H,1-2,4-5H2,(H,32,34)(H,33,36)/t11-,19-,20-,21-/m1/s1. The number of amides is 2. The van der Waals surface area contributed by atoms with E-state index in [4.69, 9.17) is 11.6 Å². The summed E-state index contributed by atoms with van der Waals surface area (Å²) in [6.07, 6.45) is -1.17. The van der Waals surface area contributed by atoms with E-state index in [-0.39, 0.29) is 35.1 Å². The van der Waals surface area contributed by atoms with E-state index < -0.39 is 47.3 Å². The number of rotatable bonds is 5. The lowest BCUT2D eigenvalue weighted by Gasteiger charge is -2.29. The molecule has 6 rings (SSSR count). The Labute approximate surface area is 212 Å². The highest BCUT2D eigenvalue weighted by Gasteiger charge is 2.56. The maximum atomic E-state index is 14.8. The number of H-pyrrole nitrogens is 1. The number of hydrogen-bond acceptors (Lipinski definition) is 3. The Hall–Kier alpha value is -3.21. The van der Waals surface area contributed by atoms with E-state index in [2.05, 4.69) is 15.5 Å². The van der Waals surface area contributed by atoms with Gasteiger partial charge >= 0.3 is 6.18 Å². The van der Waals surface area contributed by atoms with Crippen LogP contribution in [0.4, 0.5) is 22.0 Å². The fourth-order valence-electron chi connectivity index (χ4n) is 5.46. The minimum atomic E-state index is -5.05. The molecule has 37 heavy (non-hydrogen) atoms. The summed E-state index contributed by atoms with van der Waals surface area (Å²) in [5, 5.41) is 10.4. The highest BCUT2D eigenvalue weighted by atomic mass is 35.5. The van der Waals surface area contributed by atoms with E-state index in [9.17, 15) is 31.5 Å². The van der Waals surface area contributed by atoms with E-state index in [1.54, 1.807) is 6.07 Å². The number of carbonyl (C=O) groups is 2. The van der Waals surface area contributed by atoms with Gasteiger partial charge in [-0.3, -0.25) is 14.7 Å². The Bertz CT molecular complexity index is 1440. The van der Waals surface area contributed by atoms with Gasteiger partial charge in [-0.25, -0.2) is 8.78 Å². The van der Waals surface area contributed by atoms with E-state index >= 15 is 0 Å². The monoisotopic (exact) mass is 538 g/mol. The topological polar surface area (TPSA) is 78.1 Å². The fourth-order valence-corrected chi connectivity index (χ4v) is 5.68. The number of carbonyl (C=O) groups excluding carboxylic acids is 2. The summed E-state index contributed by atoms with van der Waals surface area (Å²) in [4.78, 5) is 28.5. The number of nitrogens with one attached hydrogen (secondary N) is 2. The highest BCUT2D eigenvalue weighted by Crippen LogP contribution is 2.49. The van der Waals surface area contributed by atoms with Crippen molar-refractivity contribution < 1.29 is 31.5 Å². The van der Waals surface area contributed by atoms with Crippen LogP contribution >= 0.6 is 11.6 Å². The number of benzene rings is 2. The van der Waals surface area contributed by atoms with Gasteiger partial charge in [0.15, 0.2) is 0 Å². The molecule has 2 aliphatic carbocycles. The van der Waals surface area contributed by atoms with Crippen LogP contribution < -0.4 is 5.32 Å². The minimum Gasteiger partial charge on any atom is -0.347 e. The Kier molecular flexibility index (Phi) is 5.48. The van der Waals surface area contributed by atoms with E-state index in [1.807, 2.05) is 0 Å². The van der Waals surface area contributed by atoms with Gasteiger partial charge in [0, 0.05) is 22.0 Å². The van der Waals surface area contributed by atoms with E-state index in [1.165, 1.54) is 17.2 Å². The Morgan fingerprint density at radius 1 is 1.11 bits per heavy atom. The molecule has 3 fully saturated rings. The zero-order chi connectivity index (χ0) is 26.2. The summed E-state index contributed by atoms with van der Waals surface area (Å²) in [5.41, 5.74) is -1.29. The number of aromatic amines is 1. The lowest BCUT2D eigenvalue weighted by Crippen LogP contribution is -2.49. The van der Waals surface area contributed by atoms with Gasteiger partial charge in [0.25, 0.3) is 5.91 Å². The normalized spacial score (nSPS) is 23.7. The third-order valence-corrected chi connectivity index (χ3v) is 7.72. The van der Waals surface area contributed by atoms with Crippen molar-refractivity contribution in [2.45, 2.75) is 50.0 Å². The SMILES string of the molecule is O=C(N[C@@H](c1cc(F)c(C(F)(F)F)cc1F)C1CC1)[C@H]1C[C@H]2C[C@H]2N1C(=O)c1cc(Cl)cc2cn[nH]c12. The molecular weight excluding hydrogens is 519 g/mol. The van der Waals surface area contributed by atoms with Crippen LogP contribution in [0, 0.1) is 23.5 Å². The van der Waals surface area contributed by atoms with Crippen LogP contribution in [-0.2, 0) is 11.0 Å². The molecule has 194 valence electrons. The number of aromatic nitrogens is 2. The maximum absolute atomic E-state index is 14.8. The van der Waals surface area contributed by atoms with Crippen molar-refractivity contribution in [2.24, 2.45) is 11.8 Å². The zero-order valence-electron chi connectivity index (χ0n) is 19.1. The first kappa shape index (κ1) is 24.1. The van der Waals surface area contributed by atoms with Crippen molar-refractivity contribution in [3.05, 3.63) is 63.8 Å². The molecule has 1 saturated heterocycles. The molecule has 4 atom stereocenters. The Morgan fingerprint density at radius 3 is 2.57 bits per heavy atom. The number of piperidine rings is 1. The van der Waals surface area contributed by atoms with Crippen LogP contribution in [-0.4, -0.2) is 39.0 Å². The molecule has 2 heterocycles. The summed E-state index contributed by atoms with van der Waals surface area (Å²) in [7, 11) is 0. The number of nitrogens with zero attached hydrogens (tertiary/aromatic N) is 2. The molecule has 3 aromatic rings. The lowest BCUT2D eigenvalue weighted by molar-refractivity contribution is -0.140. The molecule has 2 amide bonds. The second-order valence-electron chi connectivity index (χ2n) is 9.99. The Balaban J connectivity index is 1.28. The van der Waals surface area contributed by atoms with Gasteiger partial charge in [-0.1, -0.05) is 11.6 Å². The summed E-state index contributed by atoms with van der Waals surface area (Å²) in [6.45, 7) is 0. The lowest BCUT2D eigenvalue weighted by atomic mass is 9.98. The quantitative estimate of drug-likeness (QED) is 0.428. The molecule has 0 bridgehead atoms. The number of likely N-dealkylation sites (tertiary alicyclic amines) is 1. The van der Waals surface area contributed by atoms with Gasteiger partial charge in [-0.2, -0.15) is 18.3 Å². The molecule has 2 aromatic carbocycles. The summed E-state index contributed by atoms with van der Waals surface area (Å²) >= 11 is 6.19. The average molecular weight is 539 g/mol. The second kappa shape index (κ2) is 8.41. The van der Waals surface area contributed by atoms with Crippen molar-refractivity contribution in [1.29, 1.82) is 0 Å². The first-order valence-electron chi connectivity index (χ1n) is 11.8. The molecule has 0 unspecified atom stereocenters. The fraction of sp³-hybridized carbons (Fsp3) is 0.400. The van der Waals surface area contributed by atoms with E-state index in [0.29, 0.717) is 41.3 Å². The van der Waals surface area contributed by atoms with Crippen LogP contribution in [0.1, 0.15) is 53.2 Å². The first-order valence-corrected chi connectivity index (χ1v) is 12.2. The number of alkyl halides is 3. The van der Waals surface area contributed by atoms with Crippen molar-refractivity contribution in [3.8, 4) is 0 Å². The summed E-state index contributed by atoms with van der Waals surface area (Å²) in [5.74, 6) is -3.92. The highest BCUT2D eigenvalue weighted by molar-refractivity contribution is 6.32. The van der Waals surface area contributed by atoms with Gasteiger partial charge in [0.1, 0.15) is 17.7 Å². The summed E-state index contributed by atoms with van der Waals surface area (Å²) in [6, 6.07) is 1.78. The molecule has 1 aromatic heterocycles. The van der Waals surface area contributed by atoms with Crippen LogP contribution in [0.2, 0.25) is 5.02 Å². The number of halogens is 6. The van der Waals surface area contributed by atoms with Crippen molar-refractivity contribution in [3.63, 3.8) is 0 Å². The number of hydrogen-bond donors (Lipinski definition) is 2. The Morgan fingerprint density at radius 2 is 1.86 bits per heavy atom. The minimum absolute atomic E-state index is 0.127. The molecule has 0 spiro atoms. The van der Waals surface area contributed by atoms with Crippen LogP contribution in [0.15, 0.2) is 30.5 Å². The smallest absolute Gasteiger partial charge is 0.347 e. The van der Waals surface area contributed by atoms with Crippen molar-refractivity contribution in [1.82, 2.24) is 20.4 Å². The third kappa shape index (κ3) is 4.22. The molecule has 6 nitrogen and oxygen atoms in total. The van der Waals surface area contributed by atoms with Gasteiger partial charge in [-0.15, -0.1) is 0 Å². The molecule has 0 radical (unpaired) electrons. The first-order chi connectivity index (χ1) is 17.5. The zero-order valence-corrected chi connectivity index (χ0v) is 19.8. The number of fused-ring (bicyclic) bond motifs is 2. The van der Waals surface area contributed by atoms with Crippen molar-refractivity contribution in [2.75, 3.05) is 0 Å². The van der Waals surface area contributed by atoms with Gasteiger partial charge in [-0.05, 0) is 61.8 Å². The molecule has 2 saturated carbocycles.